The van der Waals surface area contributed by atoms with Crippen molar-refractivity contribution in [2.75, 3.05) is 0 Å². The smallest absolute Gasteiger partial charge is 0.0403 e. The van der Waals surface area contributed by atoms with Crippen LogP contribution in [0.1, 0.15) is 47.2 Å². The predicted molar refractivity (Wildman–Crippen MR) is 125 cm³/mol. The summed E-state index contributed by atoms with van der Waals surface area (Å²) in [5.41, 5.74) is 6.54. The maximum absolute atomic E-state index is 3.63. The first-order chi connectivity index (χ1) is 13.6. The molecule has 0 aliphatic heterocycles. The van der Waals surface area contributed by atoms with Crippen LogP contribution in [0.25, 0.3) is 0 Å². The van der Waals surface area contributed by atoms with Gasteiger partial charge in [-0.15, -0.1) is 0 Å². The molecule has 0 spiro atoms. The number of hydrogen-bond donors (Lipinski definition) is 0. The van der Waals surface area contributed by atoms with Gasteiger partial charge in [0.1, 0.15) is 0 Å². The summed E-state index contributed by atoms with van der Waals surface area (Å²) in [7, 11) is 0. The standard InChI is InChI=1S/C26H20Br2/c1-3-19-5-9-21(10-6-19)13-15-23-17-26(28)24(18-25(23)27)16-14-22-11-7-20(4-2)8-12-22/h5-12,17-18H,3-4H2,1-2H3. The molecule has 3 rings (SSSR count). The van der Waals surface area contributed by atoms with E-state index in [1.54, 1.807) is 0 Å². The number of hydrogen-bond acceptors (Lipinski definition) is 0. The molecule has 0 N–H and O–H groups in total. The molecular weight excluding hydrogens is 472 g/mol. The summed E-state index contributed by atoms with van der Waals surface area (Å²) in [6, 6.07) is 20.8. The van der Waals surface area contributed by atoms with Gasteiger partial charge in [0.05, 0.1) is 0 Å². The minimum atomic E-state index is 0.935. The summed E-state index contributed by atoms with van der Waals surface area (Å²) in [5.74, 6) is 13.0. The molecule has 28 heavy (non-hydrogen) atoms. The number of benzene rings is 3. The first kappa shape index (κ1) is 20.5. The van der Waals surface area contributed by atoms with Crippen LogP contribution in [0.4, 0.5) is 0 Å². The van der Waals surface area contributed by atoms with Crippen LogP contribution in [0.3, 0.4) is 0 Å². The van der Waals surface area contributed by atoms with Crippen LogP contribution in [0.15, 0.2) is 69.6 Å². The molecule has 2 heteroatoms. The lowest BCUT2D eigenvalue weighted by Gasteiger charge is -2.02. The maximum Gasteiger partial charge on any atom is 0.0403 e. The quantitative estimate of drug-likeness (QED) is 0.334. The lowest BCUT2D eigenvalue weighted by Crippen LogP contribution is -1.86. The van der Waals surface area contributed by atoms with Gasteiger partial charge in [0.2, 0.25) is 0 Å². The minimum absolute atomic E-state index is 0.935. The Morgan fingerprint density at radius 1 is 0.571 bits per heavy atom. The van der Waals surface area contributed by atoms with Crippen LogP contribution in [0.5, 0.6) is 0 Å². The van der Waals surface area contributed by atoms with E-state index in [0.717, 1.165) is 44.0 Å². The molecule has 0 amide bonds. The monoisotopic (exact) mass is 490 g/mol. The number of aryl methyl sites for hydroxylation is 2. The van der Waals surface area contributed by atoms with E-state index in [4.69, 9.17) is 0 Å². The van der Waals surface area contributed by atoms with Crippen molar-refractivity contribution in [3.8, 4) is 23.7 Å². The Bertz CT molecular complexity index is 993. The molecule has 0 aromatic heterocycles. The van der Waals surface area contributed by atoms with Crippen molar-refractivity contribution in [2.45, 2.75) is 26.7 Å². The summed E-state index contributed by atoms with van der Waals surface area (Å²) in [4.78, 5) is 0. The fourth-order valence-corrected chi connectivity index (χ4v) is 3.55. The average Bonchev–Trinajstić information content (AvgIpc) is 2.73. The largest absolute Gasteiger partial charge is 0.0616 e. The highest BCUT2D eigenvalue weighted by Gasteiger charge is 2.04. The van der Waals surface area contributed by atoms with Crippen LogP contribution in [-0.4, -0.2) is 0 Å². The summed E-state index contributed by atoms with van der Waals surface area (Å²) in [5, 5.41) is 0. The molecule has 3 aromatic rings. The fraction of sp³-hybridized carbons (Fsp3) is 0.154. The first-order valence-electron chi connectivity index (χ1n) is 9.30. The lowest BCUT2D eigenvalue weighted by molar-refractivity contribution is 1.14. The van der Waals surface area contributed by atoms with Gasteiger partial charge >= 0.3 is 0 Å². The van der Waals surface area contributed by atoms with Gasteiger partial charge in [-0.3, -0.25) is 0 Å². The Balaban J connectivity index is 1.83. The Morgan fingerprint density at radius 2 is 0.929 bits per heavy atom. The molecule has 3 aromatic carbocycles. The van der Waals surface area contributed by atoms with Gasteiger partial charge in [0.25, 0.3) is 0 Å². The van der Waals surface area contributed by atoms with E-state index in [2.05, 4.69) is 118 Å². The highest BCUT2D eigenvalue weighted by atomic mass is 79.9. The third-order valence-corrected chi connectivity index (χ3v) is 5.78. The highest BCUT2D eigenvalue weighted by Crippen LogP contribution is 2.25. The van der Waals surface area contributed by atoms with E-state index in [-0.39, 0.29) is 0 Å². The molecule has 0 saturated carbocycles. The van der Waals surface area contributed by atoms with E-state index >= 15 is 0 Å². The Hall–Kier alpha value is -2.26. The molecule has 0 unspecified atom stereocenters. The zero-order valence-electron chi connectivity index (χ0n) is 15.9. The Morgan fingerprint density at radius 3 is 1.25 bits per heavy atom. The van der Waals surface area contributed by atoms with Crippen molar-refractivity contribution in [1.29, 1.82) is 0 Å². The van der Waals surface area contributed by atoms with Gasteiger partial charge in [-0.1, -0.05) is 61.8 Å². The number of halogens is 2. The molecule has 138 valence electrons. The van der Waals surface area contributed by atoms with Gasteiger partial charge < -0.3 is 0 Å². The zero-order chi connectivity index (χ0) is 19.9. The van der Waals surface area contributed by atoms with E-state index in [0.29, 0.717) is 0 Å². The SMILES string of the molecule is CCc1ccc(C#Cc2cc(Br)c(C#Cc3ccc(CC)cc3)cc2Br)cc1. The van der Waals surface area contributed by atoms with E-state index in [1.165, 1.54) is 11.1 Å². The minimum Gasteiger partial charge on any atom is -0.0616 e. The first-order valence-corrected chi connectivity index (χ1v) is 10.9. The summed E-state index contributed by atoms with van der Waals surface area (Å²) in [6.45, 7) is 4.31. The van der Waals surface area contributed by atoms with E-state index < -0.39 is 0 Å². The Kier molecular flexibility index (Phi) is 7.16. The molecule has 0 radical (unpaired) electrons. The van der Waals surface area contributed by atoms with E-state index in [1.807, 2.05) is 12.1 Å². The topological polar surface area (TPSA) is 0 Å². The molecular formula is C26H20Br2. The van der Waals surface area contributed by atoms with Crippen LogP contribution >= 0.6 is 31.9 Å². The van der Waals surface area contributed by atoms with Crippen molar-refractivity contribution >= 4 is 31.9 Å². The van der Waals surface area contributed by atoms with Crippen molar-refractivity contribution in [3.05, 3.63) is 103 Å². The van der Waals surface area contributed by atoms with Crippen LogP contribution in [0.2, 0.25) is 0 Å². The number of rotatable bonds is 2. The van der Waals surface area contributed by atoms with Crippen molar-refractivity contribution in [3.63, 3.8) is 0 Å². The molecule has 0 atom stereocenters. The summed E-state index contributed by atoms with van der Waals surface area (Å²) < 4.78 is 1.89. The average molecular weight is 492 g/mol. The fourth-order valence-electron chi connectivity index (χ4n) is 2.66. The van der Waals surface area contributed by atoms with Gasteiger partial charge in [0, 0.05) is 31.2 Å². The molecule has 0 bridgehead atoms. The van der Waals surface area contributed by atoms with Gasteiger partial charge in [-0.25, -0.2) is 0 Å². The molecule has 0 nitrogen and oxygen atoms in total. The third kappa shape index (κ3) is 5.39. The predicted octanol–water partition coefficient (Wildman–Crippen LogP) is 7.14. The molecule has 0 saturated heterocycles. The summed E-state index contributed by atoms with van der Waals surface area (Å²) >= 11 is 7.26. The van der Waals surface area contributed by atoms with Crippen LogP contribution in [-0.2, 0) is 12.8 Å². The molecule has 0 aliphatic rings. The second kappa shape index (κ2) is 9.79. The zero-order valence-corrected chi connectivity index (χ0v) is 19.1. The molecule has 0 aliphatic carbocycles. The van der Waals surface area contributed by atoms with Gasteiger partial charge in [-0.05, 0) is 92.2 Å². The van der Waals surface area contributed by atoms with Crippen LogP contribution < -0.4 is 0 Å². The van der Waals surface area contributed by atoms with Crippen molar-refractivity contribution in [1.82, 2.24) is 0 Å². The lowest BCUT2D eigenvalue weighted by atomic mass is 10.1. The molecule has 0 heterocycles. The summed E-state index contributed by atoms with van der Waals surface area (Å²) in [6.07, 6.45) is 2.08. The van der Waals surface area contributed by atoms with Gasteiger partial charge in [0.15, 0.2) is 0 Å². The van der Waals surface area contributed by atoms with Gasteiger partial charge in [-0.2, -0.15) is 0 Å². The second-order valence-electron chi connectivity index (χ2n) is 6.41. The van der Waals surface area contributed by atoms with Crippen LogP contribution in [0, 0.1) is 23.7 Å². The normalized spacial score (nSPS) is 9.86. The van der Waals surface area contributed by atoms with Crippen molar-refractivity contribution in [2.24, 2.45) is 0 Å². The maximum atomic E-state index is 3.63. The highest BCUT2D eigenvalue weighted by molar-refractivity contribution is 9.11. The van der Waals surface area contributed by atoms with E-state index in [9.17, 15) is 0 Å². The van der Waals surface area contributed by atoms with Crippen molar-refractivity contribution < 1.29 is 0 Å². The molecule has 0 fully saturated rings. The third-order valence-electron chi connectivity index (χ3n) is 4.46. The second-order valence-corrected chi connectivity index (χ2v) is 8.12. The Labute approximate surface area is 184 Å².